The van der Waals surface area contributed by atoms with Crippen molar-refractivity contribution in [3.63, 3.8) is 0 Å². The van der Waals surface area contributed by atoms with Crippen molar-refractivity contribution in [3.8, 4) is 0 Å². The number of nitrogens with one attached hydrogen (secondary N) is 1. The lowest BCUT2D eigenvalue weighted by Crippen LogP contribution is -2.47. The van der Waals surface area contributed by atoms with E-state index in [4.69, 9.17) is 23.2 Å². The van der Waals surface area contributed by atoms with E-state index in [2.05, 4.69) is 5.32 Å². The average molecular weight is 370 g/mol. The Morgan fingerprint density at radius 1 is 1.33 bits per heavy atom. The SMILES string of the molecule is Cc1cc(N2CCNC(=O)C2)ccc1CN1C(=O)C(Cl)=C(Cl)C1O. The molecule has 2 amide bonds. The fraction of sp³-hybridized carbons (Fsp3) is 0.375. The number of hydrogen-bond acceptors (Lipinski definition) is 4. The molecule has 2 heterocycles. The molecule has 0 radical (unpaired) electrons. The van der Waals surface area contributed by atoms with E-state index in [1.807, 2.05) is 30.0 Å². The van der Waals surface area contributed by atoms with Crippen molar-refractivity contribution in [3.05, 3.63) is 39.4 Å². The molecule has 1 atom stereocenters. The quantitative estimate of drug-likeness (QED) is 0.841. The fourth-order valence-electron chi connectivity index (χ4n) is 2.84. The van der Waals surface area contributed by atoms with Crippen LogP contribution in [-0.4, -0.2) is 47.7 Å². The van der Waals surface area contributed by atoms with Gasteiger partial charge in [-0.15, -0.1) is 0 Å². The molecule has 0 aromatic heterocycles. The van der Waals surface area contributed by atoms with Gasteiger partial charge < -0.3 is 20.2 Å². The molecule has 8 heteroatoms. The van der Waals surface area contributed by atoms with Crippen LogP contribution in [0.25, 0.3) is 0 Å². The third-order valence-corrected chi connectivity index (χ3v) is 5.10. The summed E-state index contributed by atoms with van der Waals surface area (Å²) in [7, 11) is 0. The van der Waals surface area contributed by atoms with Crippen molar-refractivity contribution in [1.29, 1.82) is 0 Å². The second-order valence-corrected chi connectivity index (χ2v) is 6.64. The van der Waals surface area contributed by atoms with Gasteiger partial charge in [-0.2, -0.15) is 0 Å². The minimum Gasteiger partial charge on any atom is -0.368 e. The molecule has 2 N–H and O–H groups in total. The summed E-state index contributed by atoms with van der Waals surface area (Å²) >= 11 is 11.6. The van der Waals surface area contributed by atoms with Crippen molar-refractivity contribution in [1.82, 2.24) is 10.2 Å². The minimum absolute atomic E-state index is 0.00382. The van der Waals surface area contributed by atoms with Crippen LogP contribution >= 0.6 is 23.2 Å². The maximum absolute atomic E-state index is 12.0. The normalized spacial score (nSPS) is 21.6. The Hall–Kier alpha value is -1.76. The summed E-state index contributed by atoms with van der Waals surface area (Å²) in [5.41, 5.74) is 2.79. The molecular weight excluding hydrogens is 353 g/mol. The maximum Gasteiger partial charge on any atom is 0.269 e. The number of carbonyl (C=O) groups excluding carboxylic acids is 2. The molecule has 1 fully saturated rings. The number of piperazine rings is 1. The fourth-order valence-corrected chi connectivity index (χ4v) is 3.25. The Kier molecular flexibility index (Phi) is 4.71. The smallest absolute Gasteiger partial charge is 0.269 e. The monoisotopic (exact) mass is 369 g/mol. The first kappa shape index (κ1) is 17.1. The highest BCUT2D eigenvalue weighted by Gasteiger charge is 2.36. The lowest BCUT2D eigenvalue weighted by molar-refractivity contribution is -0.132. The van der Waals surface area contributed by atoms with Gasteiger partial charge in [0.25, 0.3) is 5.91 Å². The minimum atomic E-state index is -1.21. The number of carbonyl (C=O) groups is 2. The molecule has 24 heavy (non-hydrogen) atoms. The lowest BCUT2D eigenvalue weighted by Gasteiger charge is -2.29. The number of aliphatic hydroxyl groups excluding tert-OH is 1. The summed E-state index contributed by atoms with van der Waals surface area (Å²) in [4.78, 5) is 26.8. The van der Waals surface area contributed by atoms with Crippen LogP contribution in [0.4, 0.5) is 5.69 Å². The van der Waals surface area contributed by atoms with E-state index in [0.717, 1.165) is 23.4 Å². The Balaban J connectivity index is 1.76. The average Bonchev–Trinajstić information content (AvgIpc) is 2.74. The molecule has 6 nitrogen and oxygen atoms in total. The number of hydrogen-bond donors (Lipinski definition) is 2. The molecule has 0 aliphatic carbocycles. The van der Waals surface area contributed by atoms with Gasteiger partial charge in [0.1, 0.15) is 5.03 Å². The van der Waals surface area contributed by atoms with Gasteiger partial charge in [0.2, 0.25) is 5.91 Å². The predicted molar refractivity (Wildman–Crippen MR) is 91.7 cm³/mol. The molecule has 2 aliphatic rings. The van der Waals surface area contributed by atoms with Crippen molar-refractivity contribution in [2.24, 2.45) is 0 Å². The topological polar surface area (TPSA) is 72.9 Å². The molecular formula is C16H17Cl2N3O3. The lowest BCUT2D eigenvalue weighted by atomic mass is 10.1. The summed E-state index contributed by atoms with van der Waals surface area (Å²) in [6.45, 7) is 3.84. The number of rotatable bonds is 3. The molecule has 0 saturated carbocycles. The number of aryl methyl sites for hydroxylation is 1. The van der Waals surface area contributed by atoms with Crippen LogP contribution in [-0.2, 0) is 16.1 Å². The highest BCUT2D eigenvalue weighted by atomic mass is 35.5. The van der Waals surface area contributed by atoms with Gasteiger partial charge in [-0.1, -0.05) is 29.3 Å². The number of nitrogens with zero attached hydrogens (tertiary/aromatic N) is 2. The van der Waals surface area contributed by atoms with Crippen LogP contribution in [0.5, 0.6) is 0 Å². The Labute approximate surface area is 149 Å². The van der Waals surface area contributed by atoms with E-state index in [1.165, 1.54) is 4.90 Å². The Morgan fingerprint density at radius 3 is 2.67 bits per heavy atom. The molecule has 0 spiro atoms. The first-order valence-electron chi connectivity index (χ1n) is 7.54. The molecule has 128 valence electrons. The summed E-state index contributed by atoms with van der Waals surface area (Å²) < 4.78 is 0. The second-order valence-electron chi connectivity index (χ2n) is 5.85. The number of amides is 2. The molecule has 1 aromatic carbocycles. The van der Waals surface area contributed by atoms with Gasteiger partial charge in [-0.05, 0) is 30.2 Å². The van der Waals surface area contributed by atoms with Gasteiger partial charge in [0.15, 0.2) is 6.23 Å². The van der Waals surface area contributed by atoms with E-state index in [0.29, 0.717) is 13.1 Å². The molecule has 1 aromatic rings. The predicted octanol–water partition coefficient (Wildman–Crippen LogP) is 1.28. The van der Waals surface area contributed by atoms with Gasteiger partial charge in [0, 0.05) is 25.3 Å². The summed E-state index contributed by atoms with van der Waals surface area (Å²) in [5.74, 6) is -0.477. The van der Waals surface area contributed by atoms with Crippen molar-refractivity contribution in [2.45, 2.75) is 19.7 Å². The van der Waals surface area contributed by atoms with Gasteiger partial charge in [0.05, 0.1) is 11.6 Å². The van der Waals surface area contributed by atoms with E-state index in [9.17, 15) is 14.7 Å². The zero-order valence-corrected chi connectivity index (χ0v) is 14.6. The van der Waals surface area contributed by atoms with Crippen LogP contribution in [0.1, 0.15) is 11.1 Å². The van der Waals surface area contributed by atoms with Crippen molar-refractivity contribution >= 4 is 40.7 Å². The van der Waals surface area contributed by atoms with Crippen LogP contribution < -0.4 is 10.2 Å². The molecule has 2 aliphatic heterocycles. The van der Waals surface area contributed by atoms with E-state index in [-0.39, 0.29) is 22.5 Å². The van der Waals surface area contributed by atoms with E-state index >= 15 is 0 Å². The van der Waals surface area contributed by atoms with Gasteiger partial charge in [-0.3, -0.25) is 9.59 Å². The van der Waals surface area contributed by atoms with Crippen LogP contribution in [0, 0.1) is 6.92 Å². The van der Waals surface area contributed by atoms with Crippen molar-refractivity contribution < 1.29 is 14.7 Å². The summed E-state index contributed by atoms with van der Waals surface area (Å²) in [6.07, 6.45) is -1.21. The maximum atomic E-state index is 12.0. The summed E-state index contributed by atoms with van der Waals surface area (Å²) in [5, 5.41) is 12.6. The van der Waals surface area contributed by atoms with Crippen LogP contribution in [0.2, 0.25) is 0 Å². The summed E-state index contributed by atoms with van der Waals surface area (Å²) in [6, 6.07) is 5.76. The van der Waals surface area contributed by atoms with Crippen LogP contribution in [0.15, 0.2) is 28.3 Å². The number of aliphatic hydroxyl groups is 1. The van der Waals surface area contributed by atoms with Gasteiger partial charge >= 0.3 is 0 Å². The van der Waals surface area contributed by atoms with Crippen molar-refractivity contribution in [2.75, 3.05) is 24.5 Å². The Bertz CT molecular complexity index is 735. The van der Waals surface area contributed by atoms with E-state index in [1.54, 1.807) is 0 Å². The zero-order chi connectivity index (χ0) is 17.4. The third-order valence-electron chi connectivity index (χ3n) is 4.25. The standard InChI is InChI=1S/C16H17Cl2N3O3/c1-9-6-11(20-5-4-19-12(22)8-20)3-2-10(9)7-21-15(23)13(17)14(18)16(21)24/h2-3,6,15,23H,4-5,7-8H2,1H3,(H,19,22). The third kappa shape index (κ3) is 3.09. The first-order chi connectivity index (χ1) is 11.4. The molecule has 1 unspecified atom stereocenters. The second kappa shape index (κ2) is 6.63. The molecule has 3 rings (SSSR count). The molecule has 1 saturated heterocycles. The Morgan fingerprint density at radius 2 is 2.08 bits per heavy atom. The number of benzene rings is 1. The van der Waals surface area contributed by atoms with E-state index < -0.39 is 12.1 Å². The highest BCUT2D eigenvalue weighted by Crippen LogP contribution is 2.32. The first-order valence-corrected chi connectivity index (χ1v) is 8.29. The number of anilines is 1. The molecule has 0 bridgehead atoms. The zero-order valence-electron chi connectivity index (χ0n) is 13.1. The largest absolute Gasteiger partial charge is 0.368 e. The van der Waals surface area contributed by atoms with Gasteiger partial charge in [-0.25, -0.2) is 0 Å². The number of halogens is 2. The van der Waals surface area contributed by atoms with Crippen LogP contribution in [0.3, 0.4) is 0 Å². The highest BCUT2D eigenvalue weighted by molar-refractivity contribution is 6.49.